The van der Waals surface area contributed by atoms with Crippen molar-refractivity contribution in [2.45, 2.75) is 150 Å². The zero-order valence-corrected chi connectivity index (χ0v) is 41.0. The van der Waals surface area contributed by atoms with E-state index in [0.29, 0.717) is 38.5 Å². The Morgan fingerprint density at radius 3 is 0.610 bits per heavy atom. The number of hydrogen-bond donors (Lipinski definition) is 6. The monoisotopic (exact) mass is 950 g/mol. The van der Waals surface area contributed by atoms with Crippen LogP contribution >= 0.6 is 75.8 Å². The summed E-state index contributed by atoms with van der Waals surface area (Å²) in [5.41, 5.74) is -2.87. The molecule has 0 saturated carbocycles. The van der Waals surface area contributed by atoms with Crippen molar-refractivity contribution in [2.24, 2.45) is 10.8 Å². The maximum atomic E-state index is 12.9. The van der Waals surface area contributed by atoms with Crippen LogP contribution in [-0.4, -0.2) is 120 Å². The van der Waals surface area contributed by atoms with Crippen molar-refractivity contribution in [1.82, 2.24) is 0 Å². The molecule has 0 aromatic carbocycles. The molecule has 59 heavy (non-hydrogen) atoms. The van der Waals surface area contributed by atoms with Gasteiger partial charge < -0.3 is 33.2 Å². The first kappa shape index (κ1) is 57.9. The Hall–Kier alpha value is -1.12. The maximum absolute atomic E-state index is 12.9. The van der Waals surface area contributed by atoms with Gasteiger partial charge in [-0.2, -0.15) is 75.8 Å². The van der Waals surface area contributed by atoms with Crippen molar-refractivity contribution in [1.29, 1.82) is 0 Å². The van der Waals surface area contributed by atoms with Gasteiger partial charge in [0.25, 0.3) is 0 Å². The van der Waals surface area contributed by atoms with Crippen LogP contribution in [0.4, 0.5) is 0 Å². The molecule has 0 rings (SSSR count). The van der Waals surface area contributed by atoms with Crippen molar-refractivity contribution in [3.05, 3.63) is 0 Å². The van der Waals surface area contributed by atoms with Gasteiger partial charge in [0.05, 0.1) is 24.0 Å². The zero-order chi connectivity index (χ0) is 45.0. The van der Waals surface area contributed by atoms with E-state index >= 15 is 0 Å². The summed E-state index contributed by atoms with van der Waals surface area (Å²) in [6.45, 7) is 8.10. The topological polar surface area (TPSA) is 167 Å². The lowest BCUT2D eigenvalue weighted by atomic mass is 9.90. The summed E-state index contributed by atoms with van der Waals surface area (Å²) in [6, 6.07) is 0. The molecule has 0 amide bonds. The predicted octanol–water partition coefficient (Wildman–Crippen LogP) is 6.83. The average molecular weight is 951 g/mol. The Kier molecular flexibility index (Phi) is 31.9. The molecule has 6 unspecified atom stereocenters. The fraction of sp³-hybridized carbons (Fsp3) is 0.850. The first-order valence-corrected chi connectivity index (χ1v) is 23.3. The van der Waals surface area contributed by atoms with Gasteiger partial charge in [0.15, 0.2) is 0 Å². The normalized spacial score (nSPS) is 16.5. The third kappa shape index (κ3) is 32.3. The Morgan fingerprint density at radius 2 is 0.475 bits per heavy atom. The summed E-state index contributed by atoms with van der Waals surface area (Å²) >= 11 is 26.1. The lowest BCUT2D eigenvalue weighted by molar-refractivity contribution is -0.175. The van der Waals surface area contributed by atoms with Gasteiger partial charge in [-0.15, -0.1) is 0 Å². The molecule has 13 nitrogen and oxygen atoms in total. The Balaban J connectivity index is 6.89. The highest BCUT2D eigenvalue weighted by Crippen LogP contribution is 2.27. The molecule has 0 aromatic rings. The molecule has 0 spiro atoms. The van der Waals surface area contributed by atoms with Crippen LogP contribution in [0.25, 0.3) is 0 Å². The van der Waals surface area contributed by atoms with E-state index in [-0.39, 0.29) is 123 Å². The van der Waals surface area contributed by atoms with Crippen LogP contribution in [0.15, 0.2) is 0 Å². The number of ether oxygens (including phenoxy) is 7. The van der Waals surface area contributed by atoms with Gasteiger partial charge in [-0.3, -0.25) is 28.8 Å². The van der Waals surface area contributed by atoms with Crippen LogP contribution in [0.3, 0.4) is 0 Å². The molecule has 0 N–H and O–H groups in total. The van der Waals surface area contributed by atoms with E-state index in [1.807, 2.05) is 41.5 Å². The first-order valence-electron chi connectivity index (χ1n) is 20.2. The largest absolute Gasteiger partial charge is 0.465 e. The number of esters is 6. The van der Waals surface area contributed by atoms with Crippen molar-refractivity contribution in [3.8, 4) is 0 Å². The molecular formula is C40H70O13S6. The lowest BCUT2D eigenvalue weighted by Crippen LogP contribution is -2.47. The molecule has 0 saturated heterocycles. The second-order valence-corrected chi connectivity index (χ2v) is 21.1. The minimum absolute atomic E-state index is 0.0516. The summed E-state index contributed by atoms with van der Waals surface area (Å²) in [7, 11) is 0. The third-order valence-corrected chi connectivity index (χ3v) is 10.2. The van der Waals surface area contributed by atoms with E-state index in [4.69, 9.17) is 33.2 Å². The molecular weight excluding hydrogens is 881 g/mol. The molecule has 0 aliphatic carbocycles. The smallest absolute Gasteiger partial charge is 0.305 e. The van der Waals surface area contributed by atoms with Gasteiger partial charge in [0, 0.05) is 38.5 Å². The highest BCUT2D eigenvalue weighted by atomic mass is 32.1. The summed E-state index contributed by atoms with van der Waals surface area (Å²) < 4.78 is 40.5. The van der Waals surface area contributed by atoms with Crippen LogP contribution in [-0.2, 0) is 61.9 Å². The lowest BCUT2D eigenvalue weighted by Gasteiger charge is -2.35. The SMILES string of the molecule is CC(S)CCC(=O)OCC(COCC(COC(=O)CCC(C)S)(COC(=O)CCC(C)S)COC(=O)CCC(C)S)(COC(=O)CCC(C)S)COC(=O)CCC(C)S. The van der Waals surface area contributed by atoms with E-state index in [0.717, 1.165) is 0 Å². The van der Waals surface area contributed by atoms with Gasteiger partial charge >= 0.3 is 35.8 Å². The molecule has 0 bridgehead atoms. The number of thiol groups is 6. The summed E-state index contributed by atoms with van der Waals surface area (Å²) in [5.74, 6) is -3.32. The Morgan fingerprint density at radius 1 is 0.322 bits per heavy atom. The molecule has 0 aliphatic heterocycles. The van der Waals surface area contributed by atoms with Crippen molar-refractivity contribution >= 4 is 112 Å². The number of hydrogen-bond acceptors (Lipinski definition) is 19. The third-order valence-electron chi connectivity index (χ3n) is 8.65. The molecule has 19 heteroatoms. The van der Waals surface area contributed by atoms with Gasteiger partial charge in [-0.25, -0.2) is 0 Å². The Bertz CT molecular complexity index is 1020. The number of carbonyl (C=O) groups excluding carboxylic acids is 6. The summed E-state index contributed by atoms with van der Waals surface area (Å²) in [5, 5.41) is -0.443. The molecule has 0 heterocycles. The van der Waals surface area contributed by atoms with E-state index in [2.05, 4.69) is 75.8 Å². The first-order chi connectivity index (χ1) is 27.6. The summed E-state index contributed by atoms with van der Waals surface area (Å²) in [4.78, 5) is 77.4. The quantitative estimate of drug-likeness (QED) is 0.0226. The Labute approximate surface area is 385 Å². The second kappa shape index (κ2) is 32.5. The van der Waals surface area contributed by atoms with E-state index in [1.165, 1.54) is 0 Å². The molecule has 0 aliphatic rings. The standard InChI is InChI=1S/C40H70O13S6/c1-27(54)7-13-33(41)48-21-39(22-49-34(42)14-8-28(2)55,23-50-35(43)15-9-29(3)56)19-47-20-40(24-51-36(44)16-10-30(4)57,25-52-37(45)17-11-31(5)58)26-53-38(46)18-12-32(6)59/h27-32,54-59H,7-26H2,1-6H3. The minimum Gasteiger partial charge on any atom is -0.465 e. The number of carbonyl (C=O) groups is 6. The molecule has 344 valence electrons. The average Bonchev–Trinajstić information content (AvgIpc) is 3.16. The van der Waals surface area contributed by atoms with Crippen LogP contribution < -0.4 is 0 Å². The van der Waals surface area contributed by atoms with Gasteiger partial charge in [-0.05, 0) is 70.0 Å². The highest BCUT2D eigenvalue weighted by Gasteiger charge is 2.41. The minimum atomic E-state index is -1.43. The van der Waals surface area contributed by atoms with Crippen LogP contribution in [0.2, 0.25) is 0 Å². The predicted molar refractivity (Wildman–Crippen MR) is 248 cm³/mol. The van der Waals surface area contributed by atoms with E-state index in [9.17, 15) is 28.8 Å². The van der Waals surface area contributed by atoms with E-state index < -0.39 is 46.6 Å². The maximum Gasteiger partial charge on any atom is 0.305 e. The second-order valence-electron chi connectivity index (χ2n) is 15.8. The van der Waals surface area contributed by atoms with Crippen molar-refractivity contribution in [3.63, 3.8) is 0 Å². The molecule has 0 aromatic heterocycles. The van der Waals surface area contributed by atoms with E-state index in [1.54, 1.807) is 0 Å². The number of rotatable bonds is 34. The van der Waals surface area contributed by atoms with Crippen LogP contribution in [0, 0.1) is 10.8 Å². The zero-order valence-electron chi connectivity index (χ0n) is 35.6. The molecule has 6 atom stereocenters. The van der Waals surface area contributed by atoms with Crippen molar-refractivity contribution in [2.75, 3.05) is 52.9 Å². The van der Waals surface area contributed by atoms with Crippen LogP contribution in [0.1, 0.15) is 119 Å². The van der Waals surface area contributed by atoms with Gasteiger partial charge in [0.1, 0.15) is 39.6 Å². The summed E-state index contributed by atoms with van der Waals surface area (Å²) in [6.07, 6.45) is 2.92. The highest BCUT2D eigenvalue weighted by molar-refractivity contribution is 7.81. The van der Waals surface area contributed by atoms with Gasteiger partial charge in [-0.1, -0.05) is 41.5 Å². The fourth-order valence-corrected chi connectivity index (χ4v) is 5.55. The van der Waals surface area contributed by atoms with Crippen molar-refractivity contribution < 1.29 is 61.9 Å². The van der Waals surface area contributed by atoms with Crippen LogP contribution in [0.5, 0.6) is 0 Å². The fourth-order valence-electron chi connectivity index (χ4n) is 4.78. The van der Waals surface area contributed by atoms with Gasteiger partial charge in [0.2, 0.25) is 0 Å². The molecule has 0 fully saturated rings. The molecule has 0 radical (unpaired) electrons.